The first-order valence-corrected chi connectivity index (χ1v) is 19.0. The van der Waals surface area contributed by atoms with E-state index in [1.54, 1.807) is 10.6 Å². The van der Waals surface area contributed by atoms with Crippen molar-refractivity contribution in [2.75, 3.05) is 19.6 Å². The zero-order chi connectivity index (χ0) is 53.3. The van der Waals surface area contributed by atoms with E-state index in [0.29, 0.717) is 0 Å². The molecule has 19 N–H and O–H groups in total. The van der Waals surface area contributed by atoms with Crippen LogP contribution in [0.4, 0.5) is 0 Å². The molecule has 0 unspecified atom stereocenters. The summed E-state index contributed by atoms with van der Waals surface area (Å²) in [5.74, 6) is -26.6. The van der Waals surface area contributed by atoms with Crippen molar-refractivity contribution in [2.24, 2.45) is 5.73 Å². The second kappa shape index (κ2) is 29.5. The van der Waals surface area contributed by atoms with E-state index in [4.69, 9.17) is 26.2 Å². The van der Waals surface area contributed by atoms with Gasteiger partial charge in [0.25, 0.3) is 0 Å². The molecule has 0 aliphatic heterocycles. The molecule has 7 atom stereocenters. The van der Waals surface area contributed by atoms with E-state index >= 15 is 0 Å². The van der Waals surface area contributed by atoms with Crippen molar-refractivity contribution < 1.29 is 122 Å². The highest BCUT2D eigenvalue weighted by atomic mass is 16.4. The van der Waals surface area contributed by atoms with Gasteiger partial charge in [-0.1, -0.05) is 0 Å². The van der Waals surface area contributed by atoms with Crippen LogP contribution in [0.25, 0.3) is 0 Å². The molecule has 0 fully saturated rings. The highest BCUT2D eigenvalue weighted by molar-refractivity contribution is 6.00. The summed E-state index contributed by atoms with van der Waals surface area (Å²) < 4.78 is 0. The Hall–Kier alpha value is -9.05. The van der Waals surface area contributed by atoms with Gasteiger partial charge in [0.1, 0.15) is 36.3 Å². The number of hydrogen-bond donors (Lipinski definition) is 18. The van der Waals surface area contributed by atoms with Crippen LogP contribution in [0.2, 0.25) is 0 Å². The van der Waals surface area contributed by atoms with Crippen LogP contribution >= 0.6 is 0 Å². The third-order valence-corrected chi connectivity index (χ3v) is 8.11. The lowest BCUT2D eigenvalue weighted by atomic mass is 10.1. The number of rotatable bonds is 33. The summed E-state index contributed by atoms with van der Waals surface area (Å²) in [6, 6.07) is -14.4. The first kappa shape index (κ1) is 60.0. The Balaban J connectivity index is 5.90. The molecule has 0 saturated carbocycles. The average molecular weight is 995 g/mol. The number of hydrogen-bond acceptors (Lipinski definition) is 18. The van der Waals surface area contributed by atoms with Crippen LogP contribution < -0.4 is 53.6 Å². The van der Waals surface area contributed by atoms with Crippen LogP contribution in [-0.4, -0.2) is 204 Å². The number of carboxylic acid groups (broad SMARTS) is 8. The van der Waals surface area contributed by atoms with Gasteiger partial charge in [0.05, 0.1) is 70.6 Å². The monoisotopic (exact) mass is 994 g/mol. The van der Waals surface area contributed by atoms with Gasteiger partial charge in [-0.05, 0) is 0 Å². The molecule has 0 bridgehead atoms. The molecule has 0 rings (SSSR count). The zero-order valence-corrected chi connectivity index (χ0v) is 35.2. The topological polar surface area (TPSA) is 586 Å². The van der Waals surface area contributed by atoms with Gasteiger partial charge in [0, 0.05) is 0 Å². The van der Waals surface area contributed by atoms with Gasteiger partial charge in [0.2, 0.25) is 53.2 Å². The van der Waals surface area contributed by atoms with Crippen molar-refractivity contribution in [1.82, 2.24) is 47.9 Å². The quantitative estimate of drug-likeness (QED) is 0.0290. The molecular weight excluding hydrogens is 948 g/mol. The third kappa shape index (κ3) is 25.9. The van der Waals surface area contributed by atoms with E-state index in [-0.39, 0.29) is 0 Å². The Kier molecular flexibility index (Phi) is 25.6. The second-order valence-electron chi connectivity index (χ2n) is 13.8. The number of nitrogens with one attached hydrogen (secondary N) is 9. The number of aliphatic carboxylic acids is 8. The molecule has 0 aromatic heterocycles. The number of carboxylic acids is 8. The fourth-order valence-electron chi connectivity index (χ4n) is 5.01. The SMILES string of the molecule is N[C@@H](CC(=O)O)C(=O)NCC(=O)N[C@@H](CC(=O)O)C(=O)N[C@@H](CC(=O)O)C(=O)NCC(=O)N[C@@H](CC(=O)O)C(=O)N[C@@H](CC(=O)O)C(=O)NCC(=O)N[C@@H](CC(=O)O)C(=O)N[C@@H](CC(=O)O)C(=O)O. The Morgan fingerprint density at radius 2 is 0.507 bits per heavy atom. The molecule has 0 aliphatic carbocycles. The maximum atomic E-state index is 13.1. The average Bonchev–Trinajstić information content (AvgIpc) is 3.20. The fraction of sp³-hybridized carbons (Fsp3) is 0.500. The number of carbonyl (C=O) groups is 17. The van der Waals surface area contributed by atoms with E-state index in [1.165, 1.54) is 0 Å². The van der Waals surface area contributed by atoms with Crippen molar-refractivity contribution in [1.29, 1.82) is 0 Å². The van der Waals surface area contributed by atoms with E-state index in [9.17, 15) is 102 Å². The predicted octanol–water partition coefficient (Wildman–Crippen LogP) is -10.0. The van der Waals surface area contributed by atoms with Crippen LogP contribution in [0.15, 0.2) is 0 Å². The van der Waals surface area contributed by atoms with Crippen LogP contribution in [0.3, 0.4) is 0 Å². The van der Waals surface area contributed by atoms with Gasteiger partial charge in [-0.15, -0.1) is 0 Å². The van der Waals surface area contributed by atoms with Crippen molar-refractivity contribution in [2.45, 2.75) is 87.2 Å². The van der Waals surface area contributed by atoms with Crippen LogP contribution in [-0.2, 0) is 81.5 Å². The summed E-state index contributed by atoms with van der Waals surface area (Å²) in [6.07, 6.45) is -8.27. The maximum absolute atomic E-state index is 13.1. The zero-order valence-electron chi connectivity index (χ0n) is 35.2. The number of carbonyl (C=O) groups excluding carboxylic acids is 9. The van der Waals surface area contributed by atoms with Gasteiger partial charge < -0.3 is 94.4 Å². The Labute approximate surface area is 383 Å². The Morgan fingerprint density at radius 3 is 0.754 bits per heavy atom. The van der Waals surface area contributed by atoms with Crippen molar-refractivity contribution in [3.63, 3.8) is 0 Å². The molecule has 0 aromatic rings. The van der Waals surface area contributed by atoms with E-state index in [0.717, 1.165) is 0 Å². The van der Waals surface area contributed by atoms with Gasteiger partial charge in [0.15, 0.2) is 0 Å². The first-order valence-electron chi connectivity index (χ1n) is 19.0. The fourth-order valence-corrected chi connectivity index (χ4v) is 5.01. The van der Waals surface area contributed by atoms with Gasteiger partial charge in [-0.3, -0.25) is 76.7 Å². The first-order chi connectivity index (χ1) is 31.9. The molecule has 0 spiro atoms. The molecule has 382 valence electrons. The molecule has 0 heterocycles. The lowest BCUT2D eigenvalue weighted by molar-refractivity contribution is -0.148. The normalized spacial score (nSPS) is 13.5. The van der Waals surface area contributed by atoms with Crippen LogP contribution in [0, 0.1) is 0 Å². The highest BCUT2D eigenvalue weighted by Crippen LogP contribution is 2.03. The molecular formula is C34H46N10O25. The standard InChI is InChI=1S/C34H46N10O25/c35-11(1-21(48)49)28(62)36-8-18(45)39-14(4-24(54)55)31(65)42-12(2-22(50)51)29(63)37-9-19(46)40-15(5-25(56)57)32(66)43-13(3-23(52)53)30(64)38-10-20(47)41-16(6-26(58)59)33(67)44-17(34(68)69)7-27(60)61/h11-17H,1-10,35H2,(H,36,62)(H,37,63)(H,38,64)(H,39,45)(H,40,46)(H,41,47)(H,42,65)(H,43,66)(H,44,67)(H,48,49)(H,50,51)(H,52,53)(H,54,55)(H,56,57)(H,58,59)(H,60,61)(H,68,69)/t11-,12-,13-,14-,15-,16-,17-/m0/s1. The van der Waals surface area contributed by atoms with Gasteiger partial charge >= 0.3 is 47.8 Å². The summed E-state index contributed by atoms with van der Waals surface area (Å²) in [6.45, 7) is -3.41. The molecule has 35 heteroatoms. The molecule has 69 heavy (non-hydrogen) atoms. The minimum absolute atomic E-state index is 0.844. The number of nitrogens with two attached hydrogens (primary N) is 1. The van der Waals surface area contributed by atoms with E-state index in [1.807, 2.05) is 37.2 Å². The highest BCUT2D eigenvalue weighted by Gasteiger charge is 2.34. The largest absolute Gasteiger partial charge is 0.481 e. The smallest absolute Gasteiger partial charge is 0.326 e. The summed E-state index contributed by atoms with van der Waals surface area (Å²) in [5, 5.41) is 89.4. The maximum Gasteiger partial charge on any atom is 0.326 e. The molecule has 0 aromatic carbocycles. The van der Waals surface area contributed by atoms with Crippen LogP contribution in [0.5, 0.6) is 0 Å². The van der Waals surface area contributed by atoms with Crippen LogP contribution in [0.1, 0.15) is 44.9 Å². The molecule has 9 amide bonds. The molecule has 0 radical (unpaired) electrons. The summed E-state index contributed by atoms with van der Waals surface area (Å²) >= 11 is 0. The third-order valence-electron chi connectivity index (χ3n) is 8.11. The lowest BCUT2D eigenvalue weighted by Crippen LogP contribution is -2.58. The van der Waals surface area contributed by atoms with Crippen molar-refractivity contribution >= 4 is 101 Å². The summed E-state index contributed by atoms with van der Waals surface area (Å²) in [4.78, 5) is 204. The van der Waals surface area contributed by atoms with Gasteiger partial charge in [-0.2, -0.15) is 0 Å². The van der Waals surface area contributed by atoms with Gasteiger partial charge in [-0.25, -0.2) is 4.79 Å². The second-order valence-corrected chi connectivity index (χ2v) is 13.8. The Morgan fingerprint density at radius 1 is 0.290 bits per heavy atom. The molecule has 35 nitrogen and oxygen atoms in total. The summed E-state index contributed by atoms with van der Waals surface area (Å²) in [7, 11) is 0. The van der Waals surface area contributed by atoms with Crippen molar-refractivity contribution in [3.05, 3.63) is 0 Å². The minimum atomic E-state index is -2.20. The minimum Gasteiger partial charge on any atom is -0.481 e. The molecule has 0 aliphatic rings. The Bertz CT molecular complexity index is 2060. The lowest BCUT2D eigenvalue weighted by Gasteiger charge is -2.23. The molecule has 0 saturated heterocycles. The van der Waals surface area contributed by atoms with E-state index < -0.39 is 208 Å². The predicted molar refractivity (Wildman–Crippen MR) is 212 cm³/mol. The number of amides is 9. The van der Waals surface area contributed by atoms with E-state index in [2.05, 4.69) is 0 Å². The summed E-state index contributed by atoms with van der Waals surface area (Å²) in [5.41, 5.74) is 5.35. The van der Waals surface area contributed by atoms with Crippen molar-refractivity contribution in [3.8, 4) is 0 Å².